The van der Waals surface area contributed by atoms with Crippen LogP contribution in [-0.4, -0.2) is 66.4 Å². The molecular weight excluding hydrogens is 418 g/mol. The summed E-state index contributed by atoms with van der Waals surface area (Å²) in [5.41, 5.74) is 7.45. The molecule has 2 heterocycles. The van der Waals surface area contributed by atoms with Gasteiger partial charge in [0.05, 0.1) is 12.5 Å². The van der Waals surface area contributed by atoms with Crippen LogP contribution >= 0.6 is 0 Å². The third-order valence-electron chi connectivity index (χ3n) is 6.16. The number of carbonyl (C=O) groups is 2. The van der Waals surface area contributed by atoms with Gasteiger partial charge in [0, 0.05) is 45.3 Å². The van der Waals surface area contributed by atoms with E-state index in [9.17, 15) is 9.59 Å². The lowest BCUT2D eigenvalue weighted by molar-refractivity contribution is -0.138. The summed E-state index contributed by atoms with van der Waals surface area (Å²) in [6.45, 7) is 4.58. The number of piperazine rings is 1. The van der Waals surface area contributed by atoms with E-state index in [1.165, 1.54) is 0 Å². The van der Waals surface area contributed by atoms with E-state index in [-0.39, 0.29) is 24.3 Å². The maximum Gasteiger partial charge on any atom is 0.237 e. The minimum Gasteiger partial charge on any atom is -0.457 e. The van der Waals surface area contributed by atoms with Crippen molar-refractivity contribution >= 4 is 11.8 Å². The van der Waals surface area contributed by atoms with E-state index in [0.29, 0.717) is 32.2 Å². The topological polar surface area (TPSA) is 85.9 Å². The standard InChI is InChI=1S/C25H33N5O3/c1-18-13-20(28-27-18)17-29(2)24(31)15-23-25(32)26-11-12-30(23)16-19-7-6-10-22(14-19)33-21-8-4-3-5-9-21/h3-10,14,18,20,23,27-28H,11-13,15-17H2,1-2H3,(H,26,32). The number of benzene rings is 2. The van der Waals surface area contributed by atoms with Crippen LogP contribution in [0.1, 0.15) is 25.3 Å². The summed E-state index contributed by atoms with van der Waals surface area (Å²) in [6.07, 6.45) is 1.13. The summed E-state index contributed by atoms with van der Waals surface area (Å²) in [4.78, 5) is 29.4. The average molecular weight is 452 g/mol. The van der Waals surface area contributed by atoms with Gasteiger partial charge >= 0.3 is 0 Å². The van der Waals surface area contributed by atoms with Gasteiger partial charge in [0.2, 0.25) is 11.8 Å². The highest BCUT2D eigenvalue weighted by molar-refractivity contribution is 5.88. The van der Waals surface area contributed by atoms with E-state index >= 15 is 0 Å². The molecule has 3 unspecified atom stereocenters. The van der Waals surface area contributed by atoms with Crippen LogP contribution in [0.15, 0.2) is 54.6 Å². The second kappa shape index (κ2) is 10.8. The first-order valence-corrected chi connectivity index (χ1v) is 11.6. The number of carbonyl (C=O) groups excluding carboxylic acids is 2. The molecular formula is C25H33N5O3. The Morgan fingerprint density at radius 2 is 1.91 bits per heavy atom. The second-order valence-electron chi connectivity index (χ2n) is 8.94. The van der Waals surface area contributed by atoms with Crippen LogP contribution in [-0.2, 0) is 16.1 Å². The van der Waals surface area contributed by atoms with Crippen molar-refractivity contribution in [2.24, 2.45) is 0 Å². The van der Waals surface area contributed by atoms with Crippen molar-refractivity contribution in [2.75, 3.05) is 26.7 Å². The third-order valence-corrected chi connectivity index (χ3v) is 6.16. The summed E-state index contributed by atoms with van der Waals surface area (Å²) in [5.74, 6) is 1.41. The van der Waals surface area contributed by atoms with E-state index in [0.717, 1.165) is 23.5 Å². The van der Waals surface area contributed by atoms with Crippen LogP contribution < -0.4 is 20.9 Å². The maximum absolute atomic E-state index is 12.9. The van der Waals surface area contributed by atoms with Crippen molar-refractivity contribution in [2.45, 2.75) is 44.4 Å². The minimum atomic E-state index is -0.485. The minimum absolute atomic E-state index is 0.0236. The SMILES string of the molecule is CC1CC(CN(C)C(=O)CC2C(=O)NCCN2Cc2cccc(Oc3ccccc3)c2)NN1. The number of ether oxygens (including phenoxy) is 1. The molecule has 3 atom stereocenters. The molecule has 0 radical (unpaired) electrons. The predicted molar refractivity (Wildman–Crippen MR) is 127 cm³/mol. The predicted octanol–water partition coefficient (Wildman–Crippen LogP) is 1.88. The molecule has 2 aromatic rings. The van der Waals surface area contributed by atoms with Gasteiger partial charge in [0.1, 0.15) is 11.5 Å². The first-order valence-electron chi connectivity index (χ1n) is 11.6. The first kappa shape index (κ1) is 23.2. The van der Waals surface area contributed by atoms with Gasteiger partial charge in [-0.25, -0.2) is 0 Å². The molecule has 2 aliphatic heterocycles. The molecule has 8 nitrogen and oxygen atoms in total. The lowest BCUT2D eigenvalue weighted by Gasteiger charge is -2.35. The lowest BCUT2D eigenvalue weighted by Crippen LogP contribution is -2.56. The Hall–Kier alpha value is -2.94. The molecule has 0 spiro atoms. The van der Waals surface area contributed by atoms with Crippen LogP contribution in [0.2, 0.25) is 0 Å². The Kier molecular flexibility index (Phi) is 7.59. The van der Waals surface area contributed by atoms with Gasteiger partial charge in [-0.05, 0) is 43.2 Å². The van der Waals surface area contributed by atoms with Crippen LogP contribution in [0.3, 0.4) is 0 Å². The van der Waals surface area contributed by atoms with Gasteiger partial charge in [0.15, 0.2) is 0 Å². The molecule has 4 rings (SSSR count). The first-order chi connectivity index (χ1) is 16.0. The molecule has 2 aromatic carbocycles. The van der Waals surface area contributed by atoms with Crippen molar-refractivity contribution in [3.63, 3.8) is 0 Å². The normalized spacial score (nSPS) is 23.2. The molecule has 2 amide bonds. The Morgan fingerprint density at radius 1 is 1.12 bits per heavy atom. The van der Waals surface area contributed by atoms with Gasteiger partial charge in [-0.2, -0.15) is 0 Å². The second-order valence-corrected chi connectivity index (χ2v) is 8.94. The summed E-state index contributed by atoms with van der Waals surface area (Å²) in [5, 5.41) is 2.92. The van der Waals surface area contributed by atoms with Crippen LogP contribution in [0, 0.1) is 0 Å². The number of nitrogens with zero attached hydrogens (tertiary/aromatic N) is 2. The van der Waals surface area contributed by atoms with Gasteiger partial charge in [-0.15, -0.1) is 0 Å². The van der Waals surface area contributed by atoms with Crippen molar-refractivity contribution in [3.05, 3.63) is 60.2 Å². The quantitative estimate of drug-likeness (QED) is 0.568. The highest BCUT2D eigenvalue weighted by atomic mass is 16.5. The number of hydrazine groups is 1. The van der Waals surface area contributed by atoms with Gasteiger partial charge < -0.3 is 15.0 Å². The van der Waals surface area contributed by atoms with E-state index < -0.39 is 6.04 Å². The number of hydrogen-bond donors (Lipinski definition) is 3. The zero-order chi connectivity index (χ0) is 23.2. The van der Waals surface area contributed by atoms with E-state index in [1.54, 1.807) is 4.90 Å². The van der Waals surface area contributed by atoms with E-state index in [4.69, 9.17) is 4.74 Å². The van der Waals surface area contributed by atoms with E-state index in [1.807, 2.05) is 61.6 Å². The fourth-order valence-corrected chi connectivity index (χ4v) is 4.42. The number of para-hydroxylation sites is 1. The molecule has 2 fully saturated rings. The number of amides is 2. The summed E-state index contributed by atoms with van der Waals surface area (Å²) >= 11 is 0. The molecule has 176 valence electrons. The molecule has 8 heteroatoms. The zero-order valence-electron chi connectivity index (χ0n) is 19.3. The molecule has 2 saturated heterocycles. The van der Waals surface area contributed by atoms with Crippen LogP contribution in [0.5, 0.6) is 11.5 Å². The molecule has 33 heavy (non-hydrogen) atoms. The molecule has 2 aliphatic rings. The van der Waals surface area contributed by atoms with Gasteiger partial charge in [0.25, 0.3) is 0 Å². The van der Waals surface area contributed by atoms with Gasteiger partial charge in [-0.3, -0.25) is 25.3 Å². The summed E-state index contributed by atoms with van der Waals surface area (Å²) in [7, 11) is 1.81. The average Bonchev–Trinajstić information content (AvgIpc) is 3.21. The van der Waals surface area contributed by atoms with Crippen LogP contribution in [0.4, 0.5) is 0 Å². The number of hydrogen-bond acceptors (Lipinski definition) is 6. The number of nitrogens with one attached hydrogen (secondary N) is 3. The van der Waals surface area contributed by atoms with Crippen molar-refractivity contribution in [1.82, 2.24) is 26.0 Å². The lowest BCUT2D eigenvalue weighted by atomic mass is 10.1. The molecule has 0 saturated carbocycles. The highest BCUT2D eigenvalue weighted by Crippen LogP contribution is 2.23. The largest absolute Gasteiger partial charge is 0.457 e. The Bertz CT molecular complexity index is 954. The number of rotatable bonds is 8. The van der Waals surface area contributed by atoms with E-state index in [2.05, 4.69) is 28.0 Å². The monoisotopic (exact) mass is 451 g/mol. The Balaban J connectivity index is 1.38. The smallest absolute Gasteiger partial charge is 0.237 e. The fraction of sp³-hybridized carbons (Fsp3) is 0.440. The van der Waals surface area contributed by atoms with Crippen molar-refractivity contribution in [3.8, 4) is 11.5 Å². The maximum atomic E-state index is 12.9. The van der Waals surface area contributed by atoms with Crippen molar-refractivity contribution < 1.29 is 14.3 Å². The molecule has 0 aromatic heterocycles. The summed E-state index contributed by atoms with van der Waals surface area (Å²) in [6, 6.07) is 17.7. The molecule has 0 bridgehead atoms. The Labute approximate surface area is 195 Å². The van der Waals surface area contributed by atoms with Crippen LogP contribution in [0.25, 0.3) is 0 Å². The highest BCUT2D eigenvalue weighted by Gasteiger charge is 2.33. The zero-order valence-corrected chi connectivity index (χ0v) is 19.3. The summed E-state index contributed by atoms with van der Waals surface area (Å²) < 4.78 is 5.95. The number of likely N-dealkylation sites (N-methyl/N-ethyl adjacent to an activating group) is 1. The fourth-order valence-electron chi connectivity index (χ4n) is 4.42. The third kappa shape index (κ3) is 6.31. The Morgan fingerprint density at radius 3 is 2.67 bits per heavy atom. The van der Waals surface area contributed by atoms with Gasteiger partial charge in [-0.1, -0.05) is 30.3 Å². The van der Waals surface area contributed by atoms with Crippen molar-refractivity contribution in [1.29, 1.82) is 0 Å². The molecule has 0 aliphatic carbocycles. The molecule has 3 N–H and O–H groups in total.